The van der Waals surface area contributed by atoms with E-state index in [0.717, 1.165) is 5.56 Å². The number of rotatable bonds is 0. The number of hydrogen-bond donors (Lipinski definition) is 0. The highest BCUT2D eigenvalue weighted by atomic mass is 35.5. The van der Waals surface area contributed by atoms with Crippen LogP contribution in [0.5, 0.6) is 0 Å². The fourth-order valence-corrected chi connectivity index (χ4v) is 0.812. The molecule has 50 valence electrons. The van der Waals surface area contributed by atoms with Crippen LogP contribution in [0, 0.1) is 18.3 Å². The van der Waals surface area contributed by atoms with E-state index in [1.807, 2.05) is 13.0 Å². The van der Waals surface area contributed by atoms with Crippen LogP contribution in [-0.4, -0.2) is 0 Å². The average Bonchev–Trinajstić information content (AvgIpc) is 1.94. The summed E-state index contributed by atoms with van der Waals surface area (Å²) in [4.78, 5) is 0. The van der Waals surface area contributed by atoms with E-state index in [1.165, 1.54) is 4.09 Å². The zero-order valence-electron chi connectivity index (χ0n) is 5.50. The summed E-state index contributed by atoms with van der Waals surface area (Å²) in [6.45, 7) is 1.87. The largest absolute Gasteiger partial charge is 0.268 e. The summed E-state index contributed by atoms with van der Waals surface area (Å²) in [6, 6.07) is 3.83. The zero-order chi connectivity index (χ0) is 7.56. The van der Waals surface area contributed by atoms with Gasteiger partial charge in [0, 0.05) is 6.07 Å². The highest BCUT2D eigenvalue weighted by molar-refractivity contribution is 6.04. The molecular formula is C7H6ClN2+. The molecule has 0 amide bonds. The Kier molecular flexibility index (Phi) is 1.88. The molecule has 0 saturated carbocycles. The van der Waals surface area contributed by atoms with Crippen molar-refractivity contribution in [2.75, 3.05) is 0 Å². The normalized spacial score (nSPS) is 8.90. The van der Waals surface area contributed by atoms with E-state index in [0.29, 0.717) is 5.56 Å². The molecule has 0 atom stereocenters. The topological polar surface area (TPSA) is 27.7 Å². The van der Waals surface area contributed by atoms with Gasteiger partial charge in [-0.2, -0.15) is 5.26 Å². The molecule has 10 heavy (non-hydrogen) atoms. The molecule has 1 aromatic heterocycles. The highest BCUT2D eigenvalue weighted by Gasteiger charge is 2.02. The number of aromatic nitrogens is 1. The molecule has 0 saturated heterocycles. The van der Waals surface area contributed by atoms with Gasteiger partial charge in [-0.1, -0.05) is 4.09 Å². The monoisotopic (exact) mass is 153 g/mol. The van der Waals surface area contributed by atoms with E-state index >= 15 is 0 Å². The second kappa shape index (κ2) is 2.68. The van der Waals surface area contributed by atoms with Crippen molar-refractivity contribution in [1.82, 2.24) is 0 Å². The van der Waals surface area contributed by atoms with Gasteiger partial charge in [-0.3, -0.25) is 0 Å². The number of aryl methyl sites for hydroxylation is 1. The molecule has 0 aliphatic heterocycles. The van der Waals surface area contributed by atoms with Crippen LogP contribution in [-0.2, 0) is 0 Å². The summed E-state index contributed by atoms with van der Waals surface area (Å²) in [6.07, 6.45) is 3.27. The number of pyridine rings is 1. The molecule has 1 heterocycles. The highest BCUT2D eigenvalue weighted by Crippen LogP contribution is 2.00. The van der Waals surface area contributed by atoms with Gasteiger partial charge in [0.1, 0.15) is 11.6 Å². The number of halogens is 1. The second-order valence-electron chi connectivity index (χ2n) is 2.00. The average molecular weight is 154 g/mol. The lowest BCUT2D eigenvalue weighted by Gasteiger charge is -1.88. The summed E-state index contributed by atoms with van der Waals surface area (Å²) in [5.41, 5.74) is 1.55. The number of hydrogen-bond acceptors (Lipinski definition) is 1. The van der Waals surface area contributed by atoms with Gasteiger partial charge in [-0.05, 0) is 12.5 Å². The van der Waals surface area contributed by atoms with Crippen LogP contribution in [0.3, 0.4) is 0 Å². The number of nitrogens with zero attached hydrogens (tertiary/aromatic N) is 2. The van der Waals surface area contributed by atoms with Gasteiger partial charge < -0.3 is 0 Å². The quantitative estimate of drug-likeness (QED) is 0.550. The van der Waals surface area contributed by atoms with E-state index in [1.54, 1.807) is 18.5 Å². The number of nitriles is 1. The zero-order valence-corrected chi connectivity index (χ0v) is 6.26. The summed E-state index contributed by atoms with van der Waals surface area (Å²) < 4.78 is 1.34. The molecule has 1 rings (SSSR count). The molecule has 0 N–H and O–H groups in total. The summed E-state index contributed by atoms with van der Waals surface area (Å²) in [5.74, 6) is 0. The minimum absolute atomic E-state index is 0.609. The van der Waals surface area contributed by atoms with Crippen molar-refractivity contribution in [2.24, 2.45) is 0 Å². The molecule has 0 bridgehead atoms. The Labute approximate surface area is 64.4 Å². The van der Waals surface area contributed by atoms with Crippen LogP contribution in [0.25, 0.3) is 0 Å². The first-order chi connectivity index (χ1) is 4.74. The van der Waals surface area contributed by atoms with Gasteiger partial charge in [0.25, 0.3) is 11.8 Å². The Balaban J connectivity index is 3.25. The van der Waals surface area contributed by atoms with Gasteiger partial charge in [0.15, 0.2) is 6.20 Å². The van der Waals surface area contributed by atoms with Crippen LogP contribution in [0.15, 0.2) is 18.5 Å². The van der Waals surface area contributed by atoms with E-state index < -0.39 is 0 Å². The van der Waals surface area contributed by atoms with Crippen molar-refractivity contribution >= 4 is 11.8 Å². The van der Waals surface area contributed by atoms with Crippen LogP contribution in [0.4, 0.5) is 0 Å². The molecule has 0 aliphatic rings. The first-order valence-corrected chi connectivity index (χ1v) is 3.16. The smallest absolute Gasteiger partial charge is 0.192 e. The predicted molar refractivity (Wildman–Crippen MR) is 37.3 cm³/mol. The van der Waals surface area contributed by atoms with Crippen molar-refractivity contribution in [1.29, 1.82) is 5.26 Å². The SMILES string of the molecule is Cc1cc[n+](Cl)cc1C#N. The summed E-state index contributed by atoms with van der Waals surface area (Å²) in [5, 5.41) is 8.52. The lowest BCUT2D eigenvalue weighted by atomic mass is 10.2. The predicted octanol–water partition coefficient (Wildman–Crippen LogP) is 1.16. The summed E-state index contributed by atoms with van der Waals surface area (Å²) in [7, 11) is 0. The fourth-order valence-electron chi connectivity index (χ4n) is 0.658. The molecule has 1 aromatic rings. The Morgan fingerprint density at radius 1 is 1.70 bits per heavy atom. The fraction of sp³-hybridized carbons (Fsp3) is 0.143. The Morgan fingerprint density at radius 3 is 2.90 bits per heavy atom. The van der Waals surface area contributed by atoms with E-state index in [2.05, 4.69) is 0 Å². The van der Waals surface area contributed by atoms with Gasteiger partial charge in [-0.25, -0.2) is 0 Å². The molecule has 0 spiro atoms. The van der Waals surface area contributed by atoms with Gasteiger partial charge in [0.05, 0.1) is 0 Å². The maximum Gasteiger partial charge on any atom is 0.268 e. The lowest BCUT2D eigenvalue weighted by molar-refractivity contribution is -0.519. The molecule has 0 unspecified atom stereocenters. The van der Waals surface area contributed by atoms with E-state index in [-0.39, 0.29) is 0 Å². The molecule has 0 fully saturated rings. The van der Waals surface area contributed by atoms with Crippen molar-refractivity contribution in [3.05, 3.63) is 29.6 Å². The van der Waals surface area contributed by atoms with E-state index in [4.69, 9.17) is 17.0 Å². The van der Waals surface area contributed by atoms with Crippen molar-refractivity contribution in [3.63, 3.8) is 0 Å². The van der Waals surface area contributed by atoms with Gasteiger partial charge in [0.2, 0.25) is 6.20 Å². The first-order valence-electron chi connectivity index (χ1n) is 2.82. The molecule has 3 heteroatoms. The lowest BCUT2D eigenvalue weighted by Crippen LogP contribution is -2.19. The van der Waals surface area contributed by atoms with Crippen molar-refractivity contribution < 1.29 is 4.09 Å². The third-order valence-corrected chi connectivity index (χ3v) is 1.47. The van der Waals surface area contributed by atoms with Gasteiger partial charge in [-0.15, -0.1) is 0 Å². The first kappa shape index (κ1) is 7.04. The van der Waals surface area contributed by atoms with Gasteiger partial charge >= 0.3 is 0 Å². The minimum atomic E-state index is 0.609. The molecular weight excluding hydrogens is 148 g/mol. The van der Waals surface area contributed by atoms with Crippen LogP contribution < -0.4 is 4.09 Å². The maximum atomic E-state index is 8.52. The minimum Gasteiger partial charge on any atom is -0.192 e. The molecule has 0 aromatic carbocycles. The second-order valence-corrected chi connectivity index (χ2v) is 2.39. The van der Waals surface area contributed by atoms with E-state index in [9.17, 15) is 0 Å². The van der Waals surface area contributed by atoms with Crippen LogP contribution in [0.1, 0.15) is 11.1 Å². The third-order valence-electron chi connectivity index (χ3n) is 1.26. The summed E-state index contributed by atoms with van der Waals surface area (Å²) >= 11 is 5.56. The molecule has 0 radical (unpaired) electrons. The third kappa shape index (κ3) is 1.26. The molecule has 0 aliphatic carbocycles. The van der Waals surface area contributed by atoms with Crippen molar-refractivity contribution in [3.8, 4) is 6.07 Å². The standard InChI is InChI=1S/C7H6ClN2/c1-6-2-3-10(8)5-7(6)4-9/h2-3,5H,1H3/q+1. The van der Waals surface area contributed by atoms with Crippen LogP contribution >= 0.6 is 11.8 Å². The maximum absolute atomic E-state index is 8.52. The molecule has 2 nitrogen and oxygen atoms in total. The van der Waals surface area contributed by atoms with Crippen LogP contribution in [0.2, 0.25) is 0 Å². The Hall–Kier alpha value is -1.07. The Bertz CT molecular complexity index is 288. The van der Waals surface area contributed by atoms with Crippen molar-refractivity contribution in [2.45, 2.75) is 6.92 Å². The Morgan fingerprint density at radius 2 is 2.40 bits per heavy atom.